The highest BCUT2D eigenvalue weighted by molar-refractivity contribution is 6.62. The first-order chi connectivity index (χ1) is 10.4. The summed E-state index contributed by atoms with van der Waals surface area (Å²) in [5.74, 6) is 1.45. The minimum Gasteiger partial charge on any atom is -0.493 e. The summed E-state index contributed by atoms with van der Waals surface area (Å²) in [4.78, 5) is 0. The third kappa shape index (κ3) is 2.46. The average molecular weight is 302 g/mol. The molecule has 3 nitrogen and oxygen atoms in total. The van der Waals surface area contributed by atoms with Crippen LogP contribution in [0.25, 0.3) is 0 Å². The maximum absolute atomic E-state index is 6.43. The highest BCUT2D eigenvalue weighted by Gasteiger charge is 2.56. The molecule has 2 aliphatic rings. The molecule has 1 aromatic rings. The molecule has 0 spiro atoms. The maximum atomic E-state index is 6.43. The summed E-state index contributed by atoms with van der Waals surface area (Å²) >= 11 is 0. The first kappa shape index (κ1) is 15.9. The fourth-order valence-corrected chi connectivity index (χ4v) is 3.53. The molecule has 0 aromatic heterocycles. The van der Waals surface area contributed by atoms with Gasteiger partial charge in [0.1, 0.15) is 5.75 Å². The quantitative estimate of drug-likeness (QED) is 0.802. The number of ether oxygens (including phenoxy) is 1. The summed E-state index contributed by atoms with van der Waals surface area (Å²) in [6.45, 7) is 11.7. The van der Waals surface area contributed by atoms with Gasteiger partial charge in [0.2, 0.25) is 0 Å². The Hall–Kier alpha value is -0.995. The molecule has 2 heterocycles. The first-order valence-electron chi connectivity index (χ1n) is 8.48. The van der Waals surface area contributed by atoms with E-state index in [0.29, 0.717) is 5.92 Å². The third-order valence-electron chi connectivity index (χ3n) is 5.71. The van der Waals surface area contributed by atoms with E-state index in [1.165, 1.54) is 5.56 Å². The lowest BCUT2D eigenvalue weighted by Gasteiger charge is -2.41. The molecular weight excluding hydrogens is 275 g/mol. The van der Waals surface area contributed by atoms with Crippen molar-refractivity contribution in [1.82, 2.24) is 0 Å². The van der Waals surface area contributed by atoms with Gasteiger partial charge in [0.25, 0.3) is 0 Å². The van der Waals surface area contributed by atoms with Gasteiger partial charge in [0.15, 0.2) is 0 Å². The van der Waals surface area contributed by atoms with Crippen LogP contribution in [-0.4, -0.2) is 24.9 Å². The highest BCUT2D eigenvalue weighted by atomic mass is 16.7. The summed E-state index contributed by atoms with van der Waals surface area (Å²) < 4.78 is 18.4. The van der Waals surface area contributed by atoms with Gasteiger partial charge in [-0.1, -0.05) is 32.4 Å². The van der Waals surface area contributed by atoms with E-state index in [0.717, 1.165) is 37.1 Å². The molecule has 0 aliphatic carbocycles. The zero-order valence-electron chi connectivity index (χ0n) is 14.4. The van der Waals surface area contributed by atoms with Crippen molar-refractivity contribution in [2.45, 2.75) is 65.1 Å². The second-order valence-electron chi connectivity index (χ2n) is 7.31. The lowest BCUT2D eigenvalue weighted by Crippen LogP contribution is -2.49. The monoisotopic (exact) mass is 302 g/mol. The number of rotatable bonds is 3. The Kier molecular flexibility index (Phi) is 4.02. The Bertz CT molecular complexity index is 557. The van der Waals surface area contributed by atoms with Crippen LogP contribution in [0.2, 0.25) is 0 Å². The van der Waals surface area contributed by atoms with Crippen LogP contribution in [0.4, 0.5) is 0 Å². The Labute approximate surface area is 134 Å². The normalized spacial score (nSPS) is 28.1. The van der Waals surface area contributed by atoms with E-state index >= 15 is 0 Å². The Balaban J connectivity index is 1.88. The molecule has 0 amide bonds. The van der Waals surface area contributed by atoms with E-state index in [2.05, 4.69) is 52.8 Å². The van der Waals surface area contributed by atoms with Crippen LogP contribution >= 0.6 is 0 Å². The molecule has 4 heteroatoms. The van der Waals surface area contributed by atoms with Crippen LogP contribution in [0.3, 0.4) is 0 Å². The molecule has 3 rings (SSSR count). The number of hydrogen-bond donors (Lipinski definition) is 0. The molecule has 2 unspecified atom stereocenters. The number of fused-ring (bicyclic) bond motifs is 1. The number of hydrogen-bond acceptors (Lipinski definition) is 3. The van der Waals surface area contributed by atoms with E-state index in [1.54, 1.807) is 0 Å². The standard InChI is InChI=1S/C18H27BO3/c1-6-13(2)18(5)17(3,4)21-19(22-18)15-9-10-16-14(12-15)8-7-11-20-16/h9-10,12-13H,6-8,11H2,1-5H3. The second-order valence-corrected chi connectivity index (χ2v) is 7.31. The molecule has 0 N–H and O–H groups in total. The molecular formula is C18H27BO3. The first-order valence-corrected chi connectivity index (χ1v) is 8.48. The van der Waals surface area contributed by atoms with Crippen LogP contribution in [0, 0.1) is 5.92 Å². The van der Waals surface area contributed by atoms with E-state index < -0.39 is 0 Å². The van der Waals surface area contributed by atoms with Crippen molar-refractivity contribution in [2.24, 2.45) is 5.92 Å². The molecule has 2 atom stereocenters. The van der Waals surface area contributed by atoms with E-state index in [4.69, 9.17) is 14.0 Å². The van der Waals surface area contributed by atoms with Crippen molar-refractivity contribution in [3.05, 3.63) is 23.8 Å². The van der Waals surface area contributed by atoms with Crippen LogP contribution in [-0.2, 0) is 15.7 Å². The van der Waals surface area contributed by atoms with Gasteiger partial charge in [-0.25, -0.2) is 0 Å². The van der Waals surface area contributed by atoms with Crippen LogP contribution < -0.4 is 10.2 Å². The molecule has 2 aliphatic heterocycles. The van der Waals surface area contributed by atoms with Gasteiger partial charge in [-0.05, 0) is 56.6 Å². The van der Waals surface area contributed by atoms with Crippen LogP contribution in [0.15, 0.2) is 18.2 Å². The predicted molar refractivity (Wildman–Crippen MR) is 89.8 cm³/mol. The largest absolute Gasteiger partial charge is 0.494 e. The maximum Gasteiger partial charge on any atom is 0.494 e. The van der Waals surface area contributed by atoms with Gasteiger partial charge in [-0.2, -0.15) is 0 Å². The summed E-state index contributed by atoms with van der Waals surface area (Å²) in [5.41, 5.74) is 1.79. The SMILES string of the molecule is CCC(C)C1(C)OB(c2ccc3c(c2)CCCO3)OC1(C)C. The topological polar surface area (TPSA) is 27.7 Å². The van der Waals surface area contributed by atoms with E-state index in [-0.39, 0.29) is 18.3 Å². The van der Waals surface area contributed by atoms with Gasteiger partial charge in [0, 0.05) is 0 Å². The summed E-state index contributed by atoms with van der Waals surface area (Å²) in [6, 6.07) is 6.33. The minimum absolute atomic E-state index is 0.279. The van der Waals surface area contributed by atoms with Crippen molar-refractivity contribution in [3.8, 4) is 5.75 Å². The van der Waals surface area contributed by atoms with Gasteiger partial charge in [0.05, 0.1) is 17.8 Å². The van der Waals surface area contributed by atoms with E-state index in [9.17, 15) is 0 Å². The smallest absolute Gasteiger partial charge is 0.493 e. The summed E-state index contributed by atoms with van der Waals surface area (Å²) in [5, 5.41) is 0. The van der Waals surface area contributed by atoms with Crippen molar-refractivity contribution in [1.29, 1.82) is 0 Å². The molecule has 1 saturated heterocycles. The lowest BCUT2D eigenvalue weighted by molar-refractivity contribution is -0.0499. The zero-order valence-corrected chi connectivity index (χ0v) is 14.4. The van der Waals surface area contributed by atoms with Crippen molar-refractivity contribution >= 4 is 12.6 Å². The van der Waals surface area contributed by atoms with Crippen LogP contribution in [0.5, 0.6) is 5.75 Å². The fourth-order valence-electron chi connectivity index (χ4n) is 3.53. The van der Waals surface area contributed by atoms with Crippen LogP contribution in [0.1, 0.15) is 53.0 Å². The zero-order chi connectivity index (χ0) is 16.0. The molecule has 22 heavy (non-hydrogen) atoms. The molecule has 1 aromatic carbocycles. The second kappa shape index (κ2) is 5.57. The van der Waals surface area contributed by atoms with Crippen molar-refractivity contribution in [2.75, 3.05) is 6.61 Å². The molecule has 0 bridgehead atoms. The summed E-state index contributed by atoms with van der Waals surface area (Å²) in [7, 11) is -0.291. The average Bonchev–Trinajstić information content (AvgIpc) is 2.77. The number of aryl methyl sites for hydroxylation is 1. The number of benzene rings is 1. The lowest BCUT2D eigenvalue weighted by atomic mass is 9.76. The Morgan fingerprint density at radius 2 is 2.00 bits per heavy atom. The molecule has 0 radical (unpaired) electrons. The Morgan fingerprint density at radius 1 is 1.23 bits per heavy atom. The third-order valence-corrected chi connectivity index (χ3v) is 5.71. The van der Waals surface area contributed by atoms with Crippen molar-refractivity contribution in [3.63, 3.8) is 0 Å². The van der Waals surface area contributed by atoms with Gasteiger partial charge in [-0.3, -0.25) is 0 Å². The minimum atomic E-state index is -0.306. The summed E-state index contributed by atoms with van der Waals surface area (Å²) in [6.07, 6.45) is 3.23. The Morgan fingerprint density at radius 3 is 2.73 bits per heavy atom. The molecule has 0 saturated carbocycles. The van der Waals surface area contributed by atoms with Gasteiger partial charge >= 0.3 is 7.12 Å². The fraction of sp³-hybridized carbons (Fsp3) is 0.667. The molecule has 1 fully saturated rings. The van der Waals surface area contributed by atoms with Gasteiger partial charge in [-0.15, -0.1) is 0 Å². The predicted octanol–water partition coefficient (Wildman–Crippen LogP) is 3.34. The van der Waals surface area contributed by atoms with E-state index in [1.807, 2.05) is 0 Å². The highest BCUT2D eigenvalue weighted by Crippen LogP contribution is 2.43. The molecule has 120 valence electrons. The van der Waals surface area contributed by atoms with Crippen molar-refractivity contribution < 1.29 is 14.0 Å². The van der Waals surface area contributed by atoms with Gasteiger partial charge < -0.3 is 14.0 Å².